The minimum Gasteiger partial charge on any atom is -0.346 e. The van der Waals surface area contributed by atoms with Crippen molar-refractivity contribution in [3.05, 3.63) is 21.1 Å². The van der Waals surface area contributed by atoms with Crippen LogP contribution < -0.4 is 4.90 Å². The van der Waals surface area contributed by atoms with Gasteiger partial charge in [-0.25, -0.2) is 4.98 Å². The Balaban J connectivity index is 2.50. The van der Waals surface area contributed by atoms with Crippen LogP contribution in [0.4, 0.5) is 11.5 Å². The van der Waals surface area contributed by atoms with Crippen molar-refractivity contribution in [3.8, 4) is 0 Å². The lowest BCUT2D eigenvalue weighted by molar-refractivity contribution is -0.385. The van der Waals surface area contributed by atoms with E-state index in [4.69, 9.17) is 11.6 Å². The van der Waals surface area contributed by atoms with Gasteiger partial charge in [0.2, 0.25) is 11.1 Å². The molecule has 0 saturated carbocycles. The third-order valence-electron chi connectivity index (χ3n) is 3.84. The van der Waals surface area contributed by atoms with E-state index in [2.05, 4.69) is 28.8 Å². The molecule has 116 valence electrons. The molecule has 8 heteroatoms. The van der Waals surface area contributed by atoms with Crippen LogP contribution >= 0.6 is 11.6 Å². The van der Waals surface area contributed by atoms with Gasteiger partial charge in [-0.1, -0.05) is 6.92 Å². The number of likely N-dealkylation sites (N-methyl/N-ethyl adjacent to an activating group) is 1. The zero-order valence-corrected chi connectivity index (χ0v) is 13.3. The summed E-state index contributed by atoms with van der Waals surface area (Å²) >= 11 is 5.92. The van der Waals surface area contributed by atoms with E-state index in [1.165, 1.54) is 0 Å². The van der Waals surface area contributed by atoms with Crippen molar-refractivity contribution < 1.29 is 4.92 Å². The topological polar surface area (TPSA) is 75.4 Å². The molecule has 0 aliphatic carbocycles. The first-order valence-corrected chi connectivity index (χ1v) is 7.45. The van der Waals surface area contributed by atoms with Crippen molar-refractivity contribution in [2.75, 3.05) is 31.6 Å². The zero-order chi connectivity index (χ0) is 15.6. The van der Waals surface area contributed by atoms with E-state index < -0.39 is 4.92 Å². The first-order valence-electron chi connectivity index (χ1n) is 7.07. The smallest absolute Gasteiger partial charge is 0.332 e. The number of aromatic nitrogens is 2. The van der Waals surface area contributed by atoms with Crippen molar-refractivity contribution in [1.29, 1.82) is 0 Å². The molecule has 1 atom stereocenters. The first-order chi connectivity index (χ1) is 9.93. The summed E-state index contributed by atoms with van der Waals surface area (Å²) in [6.45, 7) is 6.24. The Bertz CT molecular complexity index is 540. The van der Waals surface area contributed by atoms with E-state index in [1.807, 2.05) is 4.90 Å². The average molecular weight is 314 g/mol. The van der Waals surface area contributed by atoms with E-state index in [1.54, 1.807) is 6.92 Å². The van der Waals surface area contributed by atoms with Crippen LogP contribution in [0.5, 0.6) is 0 Å². The second-order valence-corrected chi connectivity index (χ2v) is 5.72. The number of rotatable bonds is 3. The van der Waals surface area contributed by atoms with Crippen molar-refractivity contribution >= 4 is 23.1 Å². The maximum Gasteiger partial charge on any atom is 0.332 e. The number of hydrogen-bond acceptors (Lipinski definition) is 6. The van der Waals surface area contributed by atoms with Crippen LogP contribution in [-0.2, 0) is 0 Å². The second kappa shape index (κ2) is 6.53. The SMILES string of the molecule is CCC1CN(C)CCCN1c1nc(Cl)nc(C)c1[N+](=O)[O-]. The van der Waals surface area contributed by atoms with Crippen LogP contribution in [0.25, 0.3) is 0 Å². The monoisotopic (exact) mass is 313 g/mol. The van der Waals surface area contributed by atoms with Crippen molar-refractivity contribution in [2.24, 2.45) is 0 Å². The molecule has 1 aliphatic heterocycles. The molecular weight excluding hydrogens is 294 g/mol. The highest BCUT2D eigenvalue weighted by Gasteiger charge is 2.31. The molecule has 1 aliphatic rings. The van der Waals surface area contributed by atoms with Gasteiger partial charge in [0.05, 0.1) is 4.92 Å². The second-order valence-electron chi connectivity index (χ2n) is 5.38. The van der Waals surface area contributed by atoms with Crippen molar-refractivity contribution in [1.82, 2.24) is 14.9 Å². The normalized spacial score (nSPS) is 20.4. The Kier molecular flexibility index (Phi) is 4.95. The zero-order valence-electron chi connectivity index (χ0n) is 12.5. The molecule has 2 rings (SSSR count). The fourth-order valence-electron chi connectivity index (χ4n) is 2.80. The summed E-state index contributed by atoms with van der Waals surface area (Å²) in [6, 6.07) is 0.182. The number of aryl methyl sites for hydroxylation is 1. The Morgan fingerprint density at radius 1 is 1.43 bits per heavy atom. The van der Waals surface area contributed by atoms with Crippen LogP contribution in [-0.4, -0.2) is 52.5 Å². The number of nitro groups is 1. The van der Waals surface area contributed by atoms with Crippen LogP contribution in [0.1, 0.15) is 25.5 Å². The fraction of sp³-hybridized carbons (Fsp3) is 0.692. The summed E-state index contributed by atoms with van der Waals surface area (Å²) < 4.78 is 0. The summed E-state index contributed by atoms with van der Waals surface area (Å²) in [5.41, 5.74) is 0.268. The summed E-state index contributed by atoms with van der Waals surface area (Å²) in [5.74, 6) is 0.347. The average Bonchev–Trinajstić information content (AvgIpc) is 2.58. The molecule has 1 unspecified atom stereocenters. The largest absolute Gasteiger partial charge is 0.346 e. The van der Waals surface area contributed by atoms with Gasteiger partial charge < -0.3 is 9.80 Å². The molecule has 1 aromatic rings. The lowest BCUT2D eigenvalue weighted by atomic mass is 10.1. The van der Waals surface area contributed by atoms with E-state index in [0.29, 0.717) is 11.5 Å². The first kappa shape index (κ1) is 15.9. The van der Waals surface area contributed by atoms with Crippen molar-refractivity contribution in [3.63, 3.8) is 0 Å². The molecule has 1 fully saturated rings. The predicted octanol–water partition coefficient (Wildman–Crippen LogP) is 2.27. The molecule has 0 aromatic carbocycles. The molecule has 21 heavy (non-hydrogen) atoms. The minimum absolute atomic E-state index is 0.0394. The molecule has 0 bridgehead atoms. The summed E-state index contributed by atoms with van der Waals surface area (Å²) in [5, 5.41) is 11.4. The van der Waals surface area contributed by atoms with Crippen LogP contribution in [0.2, 0.25) is 5.28 Å². The molecular formula is C13H20ClN5O2. The third kappa shape index (κ3) is 3.41. The van der Waals surface area contributed by atoms with Gasteiger partial charge in [0.1, 0.15) is 5.69 Å². The standard InChI is InChI=1S/C13H20ClN5O2/c1-4-10-8-17(3)6-5-7-18(10)12-11(19(20)21)9(2)15-13(14)16-12/h10H,4-8H2,1-3H3. The van der Waals surface area contributed by atoms with E-state index in [9.17, 15) is 10.1 Å². The summed E-state index contributed by atoms with van der Waals surface area (Å²) in [7, 11) is 2.07. The van der Waals surface area contributed by atoms with Crippen LogP contribution in [0, 0.1) is 17.0 Å². The highest BCUT2D eigenvalue weighted by Crippen LogP contribution is 2.32. The van der Waals surface area contributed by atoms with Gasteiger partial charge in [0, 0.05) is 19.1 Å². The Morgan fingerprint density at radius 3 is 2.76 bits per heavy atom. The minimum atomic E-state index is -0.414. The Labute approximate surface area is 129 Å². The maximum atomic E-state index is 11.4. The number of halogens is 1. The highest BCUT2D eigenvalue weighted by molar-refractivity contribution is 6.28. The Morgan fingerprint density at radius 2 is 2.14 bits per heavy atom. The van der Waals surface area contributed by atoms with Gasteiger partial charge in [-0.15, -0.1) is 0 Å². The lowest BCUT2D eigenvalue weighted by Crippen LogP contribution is -2.40. The molecule has 0 spiro atoms. The quantitative estimate of drug-likeness (QED) is 0.484. The molecule has 2 heterocycles. The Hall–Kier alpha value is -1.47. The molecule has 0 N–H and O–H groups in total. The third-order valence-corrected chi connectivity index (χ3v) is 4.01. The van der Waals surface area contributed by atoms with Gasteiger partial charge >= 0.3 is 5.69 Å². The molecule has 0 amide bonds. The number of hydrogen-bond donors (Lipinski definition) is 0. The van der Waals surface area contributed by atoms with Gasteiger partial charge in [-0.05, 0) is 45.0 Å². The van der Waals surface area contributed by atoms with Crippen molar-refractivity contribution in [2.45, 2.75) is 32.7 Å². The van der Waals surface area contributed by atoms with E-state index in [-0.39, 0.29) is 17.0 Å². The molecule has 0 radical (unpaired) electrons. The fourth-order valence-corrected chi connectivity index (χ4v) is 3.01. The van der Waals surface area contributed by atoms with Gasteiger partial charge in [-0.2, -0.15) is 4.98 Å². The van der Waals surface area contributed by atoms with E-state index >= 15 is 0 Å². The van der Waals surface area contributed by atoms with Gasteiger partial charge in [-0.3, -0.25) is 10.1 Å². The maximum absolute atomic E-state index is 11.4. The summed E-state index contributed by atoms with van der Waals surface area (Å²) in [4.78, 5) is 23.3. The number of nitrogens with zero attached hydrogens (tertiary/aromatic N) is 5. The van der Waals surface area contributed by atoms with E-state index in [0.717, 1.165) is 32.5 Å². The molecule has 7 nitrogen and oxygen atoms in total. The molecule has 1 aromatic heterocycles. The van der Waals surface area contributed by atoms with Crippen LogP contribution in [0.3, 0.4) is 0 Å². The number of anilines is 1. The van der Waals surface area contributed by atoms with Crippen LogP contribution in [0.15, 0.2) is 0 Å². The lowest BCUT2D eigenvalue weighted by Gasteiger charge is -2.30. The predicted molar refractivity (Wildman–Crippen MR) is 82.0 cm³/mol. The van der Waals surface area contributed by atoms with Gasteiger partial charge in [0.25, 0.3) is 0 Å². The highest BCUT2D eigenvalue weighted by atomic mass is 35.5. The summed E-state index contributed by atoms with van der Waals surface area (Å²) in [6.07, 6.45) is 1.83. The van der Waals surface area contributed by atoms with Gasteiger partial charge in [0.15, 0.2) is 0 Å². The molecule has 1 saturated heterocycles.